The van der Waals surface area contributed by atoms with Crippen LogP contribution in [0.15, 0.2) is 41.0 Å². The third kappa shape index (κ3) is 4.56. The van der Waals surface area contributed by atoms with Crippen molar-refractivity contribution < 1.29 is 31.9 Å². The summed E-state index contributed by atoms with van der Waals surface area (Å²) in [6.45, 7) is 0.852. The number of anilines is 1. The van der Waals surface area contributed by atoms with E-state index in [1.165, 1.54) is 24.5 Å². The maximum absolute atomic E-state index is 12.6. The van der Waals surface area contributed by atoms with Crippen molar-refractivity contribution in [2.75, 3.05) is 18.4 Å². The van der Waals surface area contributed by atoms with Crippen molar-refractivity contribution >= 4 is 38.5 Å². The number of halogens is 3. The molecule has 11 heteroatoms. The maximum Gasteiger partial charge on any atom is 0.573 e. The van der Waals surface area contributed by atoms with Crippen LogP contribution in [-0.4, -0.2) is 41.2 Å². The lowest BCUT2D eigenvalue weighted by Gasteiger charge is -2.30. The second-order valence-electron chi connectivity index (χ2n) is 6.73. The molecular weight excluding hydrogens is 423 g/mol. The maximum atomic E-state index is 12.6. The van der Waals surface area contributed by atoms with Gasteiger partial charge < -0.3 is 19.4 Å². The molecule has 0 radical (unpaired) electrons. The van der Waals surface area contributed by atoms with E-state index in [0.29, 0.717) is 41.3 Å². The van der Waals surface area contributed by atoms with Gasteiger partial charge in [0.1, 0.15) is 5.75 Å². The van der Waals surface area contributed by atoms with E-state index in [1.54, 1.807) is 17.0 Å². The summed E-state index contributed by atoms with van der Waals surface area (Å²) in [6.07, 6.45) is -2.36. The first-order chi connectivity index (χ1) is 14.3. The van der Waals surface area contributed by atoms with Crippen LogP contribution in [0.3, 0.4) is 0 Å². The number of carbonyl (C=O) groups is 2. The molecule has 7 nitrogen and oxygen atoms in total. The van der Waals surface area contributed by atoms with E-state index in [2.05, 4.69) is 15.0 Å². The van der Waals surface area contributed by atoms with Gasteiger partial charge in [-0.05, 0) is 37.1 Å². The third-order valence-electron chi connectivity index (χ3n) is 4.71. The van der Waals surface area contributed by atoms with Gasteiger partial charge in [-0.2, -0.15) is 0 Å². The number of hydrogen-bond donors (Lipinski definition) is 1. The highest BCUT2D eigenvalue weighted by Gasteiger charge is 2.31. The van der Waals surface area contributed by atoms with Gasteiger partial charge in [0.25, 0.3) is 5.91 Å². The minimum atomic E-state index is -4.78. The SMILES string of the molecule is O=C(Nc1nc2ccc(OC(F)(F)F)cc2s1)C1CCN(C(=O)c2ccco2)CC1. The number of nitrogens with one attached hydrogen (secondary N) is 1. The Labute approximate surface area is 172 Å². The van der Waals surface area contributed by atoms with Gasteiger partial charge in [-0.1, -0.05) is 11.3 Å². The van der Waals surface area contributed by atoms with Gasteiger partial charge in [-0.3, -0.25) is 9.59 Å². The molecule has 1 fully saturated rings. The fourth-order valence-electron chi connectivity index (χ4n) is 3.26. The normalized spacial score (nSPS) is 15.4. The number of piperidine rings is 1. The van der Waals surface area contributed by atoms with E-state index in [9.17, 15) is 22.8 Å². The largest absolute Gasteiger partial charge is 0.573 e. The third-order valence-corrected chi connectivity index (χ3v) is 5.64. The number of benzene rings is 1. The Hall–Kier alpha value is -3.08. The van der Waals surface area contributed by atoms with Crippen LogP contribution in [0.4, 0.5) is 18.3 Å². The van der Waals surface area contributed by atoms with Crippen LogP contribution in [0.1, 0.15) is 23.4 Å². The molecule has 2 amide bonds. The number of alkyl halides is 3. The first kappa shape index (κ1) is 20.2. The van der Waals surface area contributed by atoms with Crippen molar-refractivity contribution in [3.05, 3.63) is 42.4 Å². The molecule has 0 aliphatic carbocycles. The van der Waals surface area contributed by atoms with Crippen LogP contribution >= 0.6 is 11.3 Å². The first-order valence-electron chi connectivity index (χ1n) is 9.08. The molecule has 3 aromatic rings. The van der Waals surface area contributed by atoms with Crippen LogP contribution in [-0.2, 0) is 4.79 Å². The Bertz CT molecular complexity index is 1060. The Morgan fingerprint density at radius 3 is 2.67 bits per heavy atom. The van der Waals surface area contributed by atoms with Gasteiger partial charge in [0, 0.05) is 25.1 Å². The van der Waals surface area contributed by atoms with E-state index in [0.717, 1.165) is 11.3 Å². The molecule has 158 valence electrons. The van der Waals surface area contributed by atoms with Gasteiger partial charge in [-0.15, -0.1) is 13.2 Å². The number of likely N-dealkylation sites (tertiary alicyclic amines) is 1. The molecule has 3 heterocycles. The summed E-state index contributed by atoms with van der Waals surface area (Å²) >= 11 is 1.07. The van der Waals surface area contributed by atoms with Gasteiger partial charge in [0.05, 0.1) is 16.5 Å². The molecule has 0 unspecified atom stereocenters. The van der Waals surface area contributed by atoms with Crippen LogP contribution in [0.5, 0.6) is 5.75 Å². The molecule has 1 aromatic carbocycles. The van der Waals surface area contributed by atoms with E-state index in [4.69, 9.17) is 4.42 Å². The Morgan fingerprint density at radius 2 is 2.00 bits per heavy atom. The minimum absolute atomic E-state index is 0.207. The van der Waals surface area contributed by atoms with Crippen molar-refractivity contribution in [3.8, 4) is 5.75 Å². The summed E-state index contributed by atoms with van der Waals surface area (Å²) in [5, 5.41) is 3.02. The zero-order chi connectivity index (χ0) is 21.3. The van der Waals surface area contributed by atoms with Crippen molar-refractivity contribution in [1.29, 1.82) is 0 Å². The standard InChI is InChI=1S/C19H16F3N3O4S/c20-19(21,22)29-12-3-4-13-15(10-12)30-18(23-13)24-16(26)11-5-7-25(8-6-11)17(27)14-2-1-9-28-14/h1-4,9-11H,5-8H2,(H,23,24,26). The number of aromatic nitrogens is 1. The Kier molecular flexibility index (Phi) is 5.37. The highest BCUT2D eigenvalue weighted by Crippen LogP contribution is 2.32. The van der Waals surface area contributed by atoms with Crippen molar-refractivity contribution in [3.63, 3.8) is 0 Å². The van der Waals surface area contributed by atoms with Crippen LogP contribution in [0, 0.1) is 5.92 Å². The summed E-state index contributed by atoms with van der Waals surface area (Å²) in [4.78, 5) is 30.7. The second-order valence-corrected chi connectivity index (χ2v) is 7.76. The second kappa shape index (κ2) is 7.98. The molecule has 0 saturated carbocycles. The number of hydrogen-bond acceptors (Lipinski definition) is 6. The molecule has 1 saturated heterocycles. The summed E-state index contributed by atoms with van der Waals surface area (Å²) in [5.41, 5.74) is 0.462. The number of nitrogens with zero attached hydrogens (tertiary/aromatic N) is 2. The van der Waals surface area contributed by atoms with Gasteiger partial charge in [0.2, 0.25) is 5.91 Å². The van der Waals surface area contributed by atoms with Crippen LogP contribution in [0.2, 0.25) is 0 Å². The monoisotopic (exact) mass is 439 g/mol. The first-order valence-corrected chi connectivity index (χ1v) is 9.90. The number of ether oxygens (including phenoxy) is 1. The number of rotatable bonds is 4. The zero-order valence-electron chi connectivity index (χ0n) is 15.4. The topological polar surface area (TPSA) is 84.7 Å². The number of carbonyl (C=O) groups excluding carboxylic acids is 2. The fraction of sp³-hybridized carbons (Fsp3) is 0.316. The quantitative estimate of drug-likeness (QED) is 0.656. The molecule has 1 aliphatic heterocycles. The van der Waals surface area contributed by atoms with E-state index >= 15 is 0 Å². The lowest BCUT2D eigenvalue weighted by atomic mass is 9.96. The van der Waals surface area contributed by atoms with Gasteiger partial charge in [0.15, 0.2) is 10.9 Å². The molecular formula is C19H16F3N3O4S. The molecule has 0 spiro atoms. The Balaban J connectivity index is 1.36. The summed E-state index contributed by atoms with van der Waals surface area (Å²) in [7, 11) is 0. The fourth-order valence-corrected chi connectivity index (χ4v) is 4.16. The lowest BCUT2D eigenvalue weighted by molar-refractivity contribution is -0.274. The highest BCUT2D eigenvalue weighted by atomic mass is 32.1. The zero-order valence-corrected chi connectivity index (χ0v) is 16.3. The molecule has 4 rings (SSSR count). The summed E-state index contributed by atoms with van der Waals surface area (Å²) in [6, 6.07) is 7.05. The van der Waals surface area contributed by atoms with Crippen molar-refractivity contribution in [2.24, 2.45) is 5.92 Å². The highest BCUT2D eigenvalue weighted by molar-refractivity contribution is 7.22. The average molecular weight is 439 g/mol. The van der Waals surface area contributed by atoms with Crippen molar-refractivity contribution in [1.82, 2.24) is 9.88 Å². The summed E-state index contributed by atoms with van der Waals surface area (Å²) < 4.78 is 46.6. The molecule has 30 heavy (non-hydrogen) atoms. The molecule has 2 aromatic heterocycles. The van der Waals surface area contributed by atoms with E-state index in [-0.39, 0.29) is 29.2 Å². The predicted molar refractivity (Wildman–Crippen MR) is 102 cm³/mol. The average Bonchev–Trinajstić information content (AvgIpc) is 3.35. The van der Waals surface area contributed by atoms with E-state index < -0.39 is 6.36 Å². The van der Waals surface area contributed by atoms with E-state index in [1.807, 2.05) is 0 Å². The molecule has 1 N–H and O–H groups in total. The number of thiazole rings is 1. The number of fused-ring (bicyclic) bond motifs is 1. The van der Waals surface area contributed by atoms with Crippen LogP contribution in [0.25, 0.3) is 10.2 Å². The van der Waals surface area contributed by atoms with Gasteiger partial charge >= 0.3 is 6.36 Å². The minimum Gasteiger partial charge on any atom is -0.459 e. The lowest BCUT2D eigenvalue weighted by Crippen LogP contribution is -2.41. The van der Waals surface area contributed by atoms with Crippen molar-refractivity contribution in [2.45, 2.75) is 19.2 Å². The predicted octanol–water partition coefficient (Wildman–Crippen LogP) is 4.28. The number of amides is 2. The van der Waals surface area contributed by atoms with Crippen LogP contribution < -0.4 is 10.1 Å². The smallest absolute Gasteiger partial charge is 0.459 e. The Morgan fingerprint density at radius 1 is 1.23 bits per heavy atom. The number of furan rings is 1. The summed E-state index contributed by atoms with van der Waals surface area (Å²) in [5.74, 6) is -0.805. The van der Waals surface area contributed by atoms with Gasteiger partial charge in [-0.25, -0.2) is 4.98 Å². The molecule has 0 bridgehead atoms. The molecule has 0 atom stereocenters. The molecule has 1 aliphatic rings.